The number of rotatable bonds is 5. The molecule has 1 heterocycles. The van der Waals surface area contributed by atoms with E-state index in [1.165, 1.54) is 11.1 Å². The Morgan fingerprint density at radius 2 is 2.10 bits per heavy atom. The molecule has 0 saturated heterocycles. The van der Waals surface area contributed by atoms with Gasteiger partial charge in [0, 0.05) is 22.9 Å². The van der Waals surface area contributed by atoms with Crippen LogP contribution in [-0.2, 0) is 6.42 Å². The molecular weight excluding hydrogens is 316 g/mol. The number of ether oxygens (including phenoxy) is 1. The molecule has 106 valence electrons. The second-order valence-electron chi connectivity index (χ2n) is 4.79. The van der Waals surface area contributed by atoms with Crippen molar-refractivity contribution in [2.75, 3.05) is 14.2 Å². The quantitative estimate of drug-likeness (QED) is 0.905. The first kappa shape index (κ1) is 15.0. The second kappa shape index (κ2) is 6.86. The average molecular weight is 335 g/mol. The first-order valence-electron chi connectivity index (χ1n) is 6.55. The van der Waals surface area contributed by atoms with Crippen molar-refractivity contribution in [1.82, 2.24) is 10.3 Å². The molecule has 0 aliphatic heterocycles. The maximum atomic E-state index is 5.31. The molecule has 2 aromatic rings. The minimum Gasteiger partial charge on any atom is -0.496 e. The third-order valence-corrected chi connectivity index (χ3v) is 3.80. The molecule has 3 nitrogen and oxygen atoms in total. The van der Waals surface area contributed by atoms with Crippen molar-refractivity contribution < 1.29 is 4.74 Å². The highest BCUT2D eigenvalue weighted by atomic mass is 79.9. The maximum Gasteiger partial charge on any atom is 0.121 e. The summed E-state index contributed by atoms with van der Waals surface area (Å²) in [7, 11) is 3.68. The third kappa shape index (κ3) is 3.58. The molecule has 0 aliphatic rings. The van der Waals surface area contributed by atoms with Crippen molar-refractivity contribution in [1.29, 1.82) is 0 Å². The fraction of sp³-hybridized carbons (Fsp3) is 0.312. The molecule has 0 saturated carbocycles. The molecule has 0 amide bonds. The Morgan fingerprint density at radius 1 is 1.30 bits per heavy atom. The largest absolute Gasteiger partial charge is 0.496 e. The van der Waals surface area contributed by atoms with Crippen LogP contribution in [0.2, 0.25) is 0 Å². The summed E-state index contributed by atoms with van der Waals surface area (Å²) in [6.45, 7) is 2.07. The molecule has 1 atom stereocenters. The van der Waals surface area contributed by atoms with Gasteiger partial charge in [-0.25, -0.2) is 0 Å². The van der Waals surface area contributed by atoms with Crippen LogP contribution in [0.5, 0.6) is 5.75 Å². The Labute approximate surface area is 128 Å². The van der Waals surface area contributed by atoms with Gasteiger partial charge in [0.25, 0.3) is 0 Å². The van der Waals surface area contributed by atoms with E-state index in [1.807, 2.05) is 19.3 Å². The van der Waals surface area contributed by atoms with Crippen molar-refractivity contribution in [3.8, 4) is 5.75 Å². The number of benzene rings is 1. The number of nitrogens with one attached hydrogen (secondary N) is 1. The Morgan fingerprint density at radius 3 is 2.70 bits per heavy atom. The predicted molar refractivity (Wildman–Crippen MR) is 85.2 cm³/mol. The third-order valence-electron chi connectivity index (χ3n) is 3.37. The molecule has 1 aromatic carbocycles. The van der Waals surface area contributed by atoms with Gasteiger partial charge in [-0.1, -0.05) is 12.1 Å². The smallest absolute Gasteiger partial charge is 0.121 e. The van der Waals surface area contributed by atoms with Gasteiger partial charge in [0.1, 0.15) is 5.75 Å². The zero-order chi connectivity index (χ0) is 14.5. The number of halogens is 1. The van der Waals surface area contributed by atoms with Crippen molar-refractivity contribution in [2.45, 2.75) is 19.4 Å². The lowest BCUT2D eigenvalue weighted by Crippen LogP contribution is -2.19. The van der Waals surface area contributed by atoms with E-state index in [0.29, 0.717) is 0 Å². The number of pyridine rings is 1. The Kier molecular flexibility index (Phi) is 5.15. The number of aromatic nitrogens is 1. The topological polar surface area (TPSA) is 34.2 Å². The van der Waals surface area contributed by atoms with Gasteiger partial charge in [-0.2, -0.15) is 0 Å². The van der Waals surface area contributed by atoms with E-state index in [1.54, 1.807) is 13.3 Å². The summed E-state index contributed by atoms with van der Waals surface area (Å²) in [5.74, 6) is 0.924. The number of methoxy groups -OCH3 is 1. The van der Waals surface area contributed by atoms with Crippen molar-refractivity contribution >= 4 is 15.9 Å². The molecule has 1 aromatic heterocycles. The number of hydrogen-bond donors (Lipinski definition) is 1. The van der Waals surface area contributed by atoms with E-state index >= 15 is 0 Å². The molecule has 2 rings (SSSR count). The van der Waals surface area contributed by atoms with Gasteiger partial charge in [-0.3, -0.25) is 4.98 Å². The lowest BCUT2D eigenvalue weighted by atomic mass is 9.98. The fourth-order valence-electron chi connectivity index (χ4n) is 2.31. The summed E-state index contributed by atoms with van der Waals surface area (Å²) >= 11 is 3.46. The normalized spacial score (nSPS) is 12.2. The molecule has 20 heavy (non-hydrogen) atoms. The summed E-state index contributed by atoms with van der Waals surface area (Å²) in [4.78, 5) is 4.22. The first-order chi connectivity index (χ1) is 9.63. The van der Waals surface area contributed by atoms with E-state index < -0.39 is 0 Å². The zero-order valence-corrected chi connectivity index (χ0v) is 13.6. The summed E-state index contributed by atoms with van der Waals surface area (Å²) in [6, 6.07) is 8.67. The van der Waals surface area contributed by atoms with Crippen LogP contribution in [0.3, 0.4) is 0 Å². The lowest BCUT2D eigenvalue weighted by molar-refractivity contribution is 0.411. The van der Waals surface area contributed by atoms with Crippen molar-refractivity contribution in [3.63, 3.8) is 0 Å². The maximum absolute atomic E-state index is 5.31. The van der Waals surface area contributed by atoms with Crippen molar-refractivity contribution in [2.24, 2.45) is 0 Å². The van der Waals surface area contributed by atoms with Crippen LogP contribution < -0.4 is 10.1 Å². The molecule has 0 radical (unpaired) electrons. The SMILES string of the molecule is CNC(Cc1cncc(Br)c1)c1ccc(OC)c(C)c1. The van der Waals surface area contributed by atoms with E-state index in [-0.39, 0.29) is 6.04 Å². The predicted octanol–water partition coefficient (Wildman–Crippen LogP) is 3.66. The zero-order valence-electron chi connectivity index (χ0n) is 12.0. The van der Waals surface area contributed by atoms with Crippen LogP contribution in [0.1, 0.15) is 22.7 Å². The molecule has 0 spiro atoms. The average Bonchev–Trinajstić information content (AvgIpc) is 2.44. The molecule has 0 bridgehead atoms. The summed E-state index contributed by atoms with van der Waals surface area (Å²) in [5.41, 5.74) is 3.61. The van der Waals surface area contributed by atoms with E-state index in [4.69, 9.17) is 4.74 Å². The fourth-order valence-corrected chi connectivity index (χ4v) is 2.72. The minimum atomic E-state index is 0.260. The molecular formula is C16H19BrN2O. The van der Waals surface area contributed by atoms with Gasteiger partial charge in [0.2, 0.25) is 0 Å². The van der Waals surface area contributed by atoms with E-state index in [9.17, 15) is 0 Å². The van der Waals surface area contributed by atoms with Gasteiger partial charge in [0.05, 0.1) is 7.11 Å². The van der Waals surface area contributed by atoms with Crippen LogP contribution in [-0.4, -0.2) is 19.1 Å². The number of likely N-dealkylation sites (N-methyl/N-ethyl adjacent to an activating group) is 1. The standard InChI is InChI=1S/C16H19BrN2O/c1-11-6-13(4-5-16(11)20-3)15(18-2)8-12-7-14(17)10-19-9-12/h4-7,9-10,15,18H,8H2,1-3H3. The number of aryl methyl sites for hydroxylation is 1. The second-order valence-corrected chi connectivity index (χ2v) is 5.70. The minimum absolute atomic E-state index is 0.260. The van der Waals surface area contributed by atoms with Gasteiger partial charge in [0.15, 0.2) is 0 Å². The Hall–Kier alpha value is -1.39. The molecule has 1 N–H and O–H groups in total. The summed E-state index contributed by atoms with van der Waals surface area (Å²) < 4.78 is 6.32. The van der Waals surface area contributed by atoms with Crippen molar-refractivity contribution in [3.05, 3.63) is 57.8 Å². The molecule has 4 heteroatoms. The van der Waals surface area contributed by atoms with Gasteiger partial charge >= 0.3 is 0 Å². The Bertz CT molecular complexity index is 586. The summed E-state index contributed by atoms with van der Waals surface area (Å²) in [5, 5.41) is 3.37. The molecule has 1 unspecified atom stereocenters. The first-order valence-corrected chi connectivity index (χ1v) is 7.34. The molecule has 0 fully saturated rings. The highest BCUT2D eigenvalue weighted by molar-refractivity contribution is 9.10. The van der Waals surface area contributed by atoms with Crippen LogP contribution in [0.15, 0.2) is 41.1 Å². The molecule has 0 aliphatic carbocycles. The van der Waals surface area contributed by atoms with Gasteiger partial charge < -0.3 is 10.1 Å². The van der Waals surface area contributed by atoms with E-state index in [2.05, 4.69) is 51.4 Å². The summed E-state index contributed by atoms with van der Waals surface area (Å²) in [6.07, 6.45) is 4.61. The van der Waals surface area contributed by atoms with Crippen LogP contribution >= 0.6 is 15.9 Å². The van der Waals surface area contributed by atoms with E-state index in [0.717, 1.165) is 22.2 Å². The van der Waals surface area contributed by atoms with Crippen LogP contribution in [0.25, 0.3) is 0 Å². The monoisotopic (exact) mass is 334 g/mol. The number of nitrogens with zero attached hydrogens (tertiary/aromatic N) is 1. The number of hydrogen-bond acceptors (Lipinski definition) is 3. The van der Waals surface area contributed by atoms with Crippen LogP contribution in [0, 0.1) is 6.92 Å². The highest BCUT2D eigenvalue weighted by Crippen LogP contribution is 2.25. The van der Waals surface area contributed by atoms with Gasteiger partial charge in [-0.15, -0.1) is 0 Å². The highest BCUT2D eigenvalue weighted by Gasteiger charge is 2.12. The van der Waals surface area contributed by atoms with Crippen LogP contribution in [0.4, 0.5) is 0 Å². The van der Waals surface area contributed by atoms with Gasteiger partial charge in [-0.05, 0) is 65.1 Å². The Balaban J connectivity index is 2.22. The lowest BCUT2D eigenvalue weighted by Gasteiger charge is -2.18.